The first-order chi connectivity index (χ1) is 8.81. The molecular formula is C16H16O2. The van der Waals surface area contributed by atoms with Crippen molar-refractivity contribution in [3.63, 3.8) is 0 Å². The molecule has 0 fully saturated rings. The summed E-state index contributed by atoms with van der Waals surface area (Å²) in [7, 11) is 0. The molecule has 18 heavy (non-hydrogen) atoms. The fraction of sp³-hybridized carbons (Fsp3) is 0.188. The van der Waals surface area contributed by atoms with Crippen molar-refractivity contribution in [2.75, 3.05) is 0 Å². The van der Waals surface area contributed by atoms with Crippen LogP contribution in [0, 0.1) is 0 Å². The Morgan fingerprint density at radius 3 is 2.11 bits per heavy atom. The molecule has 92 valence electrons. The zero-order chi connectivity index (χ0) is 12.8. The van der Waals surface area contributed by atoms with Gasteiger partial charge in [0.15, 0.2) is 6.10 Å². The SMILES string of the molecule is CCC(Oc1ccccc1)C(=O)c1ccccc1. The lowest BCUT2D eigenvalue weighted by Gasteiger charge is -2.16. The Morgan fingerprint density at radius 2 is 1.56 bits per heavy atom. The number of rotatable bonds is 5. The van der Waals surface area contributed by atoms with Gasteiger partial charge in [-0.15, -0.1) is 0 Å². The molecule has 2 aromatic rings. The Labute approximate surface area is 107 Å². The summed E-state index contributed by atoms with van der Waals surface area (Å²) >= 11 is 0. The maximum absolute atomic E-state index is 12.3. The van der Waals surface area contributed by atoms with Crippen LogP contribution in [-0.2, 0) is 0 Å². The summed E-state index contributed by atoms with van der Waals surface area (Å²) in [5.74, 6) is 0.760. The van der Waals surface area contributed by atoms with Crippen molar-refractivity contribution in [1.29, 1.82) is 0 Å². The molecule has 0 aromatic heterocycles. The number of ketones is 1. The van der Waals surface area contributed by atoms with E-state index in [1.807, 2.05) is 67.6 Å². The normalized spacial score (nSPS) is 11.8. The Bertz CT molecular complexity index is 491. The predicted molar refractivity (Wildman–Crippen MR) is 71.9 cm³/mol. The van der Waals surface area contributed by atoms with E-state index in [9.17, 15) is 4.79 Å². The van der Waals surface area contributed by atoms with Crippen molar-refractivity contribution in [3.05, 3.63) is 66.2 Å². The monoisotopic (exact) mass is 240 g/mol. The van der Waals surface area contributed by atoms with Crippen LogP contribution in [0.4, 0.5) is 0 Å². The van der Waals surface area contributed by atoms with E-state index in [1.165, 1.54) is 0 Å². The maximum atomic E-state index is 12.3. The van der Waals surface area contributed by atoms with Gasteiger partial charge in [-0.3, -0.25) is 4.79 Å². The smallest absolute Gasteiger partial charge is 0.203 e. The van der Waals surface area contributed by atoms with Gasteiger partial charge in [0.2, 0.25) is 5.78 Å². The van der Waals surface area contributed by atoms with Crippen molar-refractivity contribution < 1.29 is 9.53 Å². The fourth-order valence-corrected chi connectivity index (χ4v) is 1.77. The van der Waals surface area contributed by atoms with Crippen molar-refractivity contribution >= 4 is 5.78 Å². The van der Waals surface area contributed by atoms with Crippen LogP contribution >= 0.6 is 0 Å². The standard InChI is InChI=1S/C16H16O2/c1-2-15(18-14-11-7-4-8-12-14)16(17)13-9-5-3-6-10-13/h3-12,15H,2H2,1H3. The lowest BCUT2D eigenvalue weighted by Crippen LogP contribution is -2.26. The van der Waals surface area contributed by atoms with E-state index in [2.05, 4.69) is 0 Å². The first-order valence-electron chi connectivity index (χ1n) is 6.12. The van der Waals surface area contributed by atoms with Gasteiger partial charge in [0.25, 0.3) is 0 Å². The van der Waals surface area contributed by atoms with Gasteiger partial charge < -0.3 is 4.74 Å². The third kappa shape index (κ3) is 2.98. The number of benzene rings is 2. The fourth-order valence-electron chi connectivity index (χ4n) is 1.77. The Hall–Kier alpha value is -2.09. The van der Waals surface area contributed by atoms with Crippen LogP contribution in [0.3, 0.4) is 0 Å². The third-order valence-corrected chi connectivity index (χ3v) is 2.74. The Morgan fingerprint density at radius 1 is 1.00 bits per heavy atom. The minimum absolute atomic E-state index is 0.0296. The topological polar surface area (TPSA) is 26.3 Å². The summed E-state index contributed by atoms with van der Waals surface area (Å²) in [5, 5.41) is 0. The van der Waals surface area contributed by atoms with Crippen LogP contribution < -0.4 is 4.74 Å². The number of hydrogen-bond donors (Lipinski definition) is 0. The van der Waals surface area contributed by atoms with Gasteiger partial charge in [0, 0.05) is 5.56 Å². The first kappa shape index (κ1) is 12.4. The first-order valence-corrected chi connectivity index (χ1v) is 6.12. The lowest BCUT2D eigenvalue weighted by atomic mass is 10.0. The summed E-state index contributed by atoms with van der Waals surface area (Å²) < 4.78 is 5.73. The molecule has 0 spiro atoms. The third-order valence-electron chi connectivity index (χ3n) is 2.74. The molecular weight excluding hydrogens is 224 g/mol. The molecule has 2 aromatic carbocycles. The van der Waals surface area contributed by atoms with E-state index in [-0.39, 0.29) is 5.78 Å². The van der Waals surface area contributed by atoms with Crippen molar-refractivity contribution in [2.45, 2.75) is 19.4 Å². The van der Waals surface area contributed by atoms with Gasteiger partial charge in [-0.1, -0.05) is 55.5 Å². The molecule has 0 aliphatic heterocycles. The number of para-hydroxylation sites is 1. The van der Waals surface area contributed by atoms with Crippen molar-refractivity contribution in [3.8, 4) is 5.75 Å². The molecule has 1 atom stereocenters. The molecule has 0 saturated heterocycles. The summed E-state index contributed by atoms with van der Waals surface area (Å²) in [6.45, 7) is 1.95. The second-order valence-corrected chi connectivity index (χ2v) is 4.06. The second-order valence-electron chi connectivity index (χ2n) is 4.06. The lowest BCUT2D eigenvalue weighted by molar-refractivity contribution is 0.0786. The van der Waals surface area contributed by atoms with Crippen LogP contribution in [0.15, 0.2) is 60.7 Å². The highest BCUT2D eigenvalue weighted by molar-refractivity contribution is 5.99. The van der Waals surface area contributed by atoms with E-state index in [4.69, 9.17) is 4.74 Å². The van der Waals surface area contributed by atoms with Crippen LogP contribution in [0.1, 0.15) is 23.7 Å². The summed E-state index contributed by atoms with van der Waals surface area (Å²) in [5.41, 5.74) is 0.695. The highest BCUT2D eigenvalue weighted by atomic mass is 16.5. The van der Waals surface area contributed by atoms with E-state index in [0.29, 0.717) is 12.0 Å². The molecule has 1 unspecified atom stereocenters. The van der Waals surface area contributed by atoms with E-state index in [0.717, 1.165) is 5.75 Å². The Kier molecular flexibility index (Phi) is 4.13. The van der Waals surface area contributed by atoms with Crippen molar-refractivity contribution in [2.24, 2.45) is 0 Å². The van der Waals surface area contributed by atoms with Crippen molar-refractivity contribution in [1.82, 2.24) is 0 Å². The van der Waals surface area contributed by atoms with E-state index in [1.54, 1.807) is 0 Å². The Balaban J connectivity index is 2.12. The highest BCUT2D eigenvalue weighted by Gasteiger charge is 2.19. The highest BCUT2D eigenvalue weighted by Crippen LogP contribution is 2.15. The average molecular weight is 240 g/mol. The number of hydrogen-bond acceptors (Lipinski definition) is 2. The molecule has 0 saturated carbocycles. The average Bonchev–Trinajstić information content (AvgIpc) is 2.46. The van der Waals surface area contributed by atoms with Gasteiger partial charge in [0.05, 0.1) is 0 Å². The van der Waals surface area contributed by atoms with Gasteiger partial charge in [-0.2, -0.15) is 0 Å². The minimum Gasteiger partial charge on any atom is -0.482 e. The van der Waals surface area contributed by atoms with Crippen LogP contribution in [0.25, 0.3) is 0 Å². The molecule has 0 radical (unpaired) electrons. The number of carbonyl (C=O) groups is 1. The molecule has 2 nitrogen and oxygen atoms in total. The maximum Gasteiger partial charge on any atom is 0.203 e. The predicted octanol–water partition coefficient (Wildman–Crippen LogP) is 3.73. The molecule has 0 aliphatic carbocycles. The molecule has 0 N–H and O–H groups in total. The van der Waals surface area contributed by atoms with E-state index >= 15 is 0 Å². The van der Waals surface area contributed by atoms with Gasteiger partial charge in [0.1, 0.15) is 5.75 Å². The molecule has 0 heterocycles. The number of carbonyl (C=O) groups excluding carboxylic acids is 1. The quantitative estimate of drug-likeness (QED) is 0.744. The zero-order valence-corrected chi connectivity index (χ0v) is 10.4. The zero-order valence-electron chi connectivity index (χ0n) is 10.4. The molecule has 0 aliphatic rings. The molecule has 0 bridgehead atoms. The van der Waals surface area contributed by atoms with Gasteiger partial charge >= 0.3 is 0 Å². The van der Waals surface area contributed by atoms with Crippen LogP contribution in [0.2, 0.25) is 0 Å². The summed E-state index contributed by atoms with van der Waals surface area (Å²) in [6, 6.07) is 18.7. The number of ether oxygens (including phenoxy) is 1. The molecule has 2 rings (SSSR count). The largest absolute Gasteiger partial charge is 0.482 e. The minimum atomic E-state index is -0.421. The summed E-state index contributed by atoms with van der Waals surface area (Å²) in [4.78, 5) is 12.3. The second kappa shape index (κ2) is 6.01. The van der Waals surface area contributed by atoms with Crippen LogP contribution in [0.5, 0.6) is 5.75 Å². The molecule has 2 heteroatoms. The molecule has 0 amide bonds. The van der Waals surface area contributed by atoms with Gasteiger partial charge in [-0.25, -0.2) is 0 Å². The summed E-state index contributed by atoms with van der Waals surface area (Å²) in [6.07, 6.45) is 0.234. The van der Waals surface area contributed by atoms with Crippen LogP contribution in [-0.4, -0.2) is 11.9 Å². The van der Waals surface area contributed by atoms with E-state index < -0.39 is 6.10 Å². The number of Topliss-reactive ketones (excluding diaryl/α,β-unsaturated/α-hetero) is 1. The van der Waals surface area contributed by atoms with Gasteiger partial charge in [-0.05, 0) is 18.6 Å².